The lowest BCUT2D eigenvalue weighted by molar-refractivity contribution is 0.0704. The van der Waals surface area contributed by atoms with Gasteiger partial charge in [-0.1, -0.05) is 0 Å². The molecule has 0 saturated carbocycles. The molecule has 4 rings (SSSR count). The van der Waals surface area contributed by atoms with Gasteiger partial charge in [0.05, 0.1) is 7.11 Å². The van der Waals surface area contributed by atoms with Gasteiger partial charge in [0.2, 0.25) is 0 Å². The van der Waals surface area contributed by atoms with Crippen molar-refractivity contribution in [3.8, 4) is 5.75 Å². The lowest BCUT2D eigenvalue weighted by Crippen LogP contribution is -2.40. The van der Waals surface area contributed by atoms with Gasteiger partial charge in [-0.25, -0.2) is 4.98 Å². The van der Waals surface area contributed by atoms with E-state index in [1.807, 2.05) is 24.3 Å². The summed E-state index contributed by atoms with van der Waals surface area (Å²) < 4.78 is 9.22. The Bertz CT molecular complexity index is 935. The monoisotopic (exact) mass is 457 g/mol. The first kappa shape index (κ1) is 24.2. The number of imidazole rings is 1. The zero-order valence-electron chi connectivity index (χ0n) is 17.3. The molecule has 0 aromatic carbocycles. The van der Waals surface area contributed by atoms with Crippen LogP contribution < -0.4 is 15.6 Å². The second kappa shape index (κ2) is 10.3. The summed E-state index contributed by atoms with van der Waals surface area (Å²) in [6.45, 7) is 3.39. The molecule has 0 atom stereocenters. The molecule has 0 aliphatic carbocycles. The van der Waals surface area contributed by atoms with Crippen LogP contribution in [0, 0.1) is 0 Å². The number of hydrogen-bond donors (Lipinski definition) is 1. The topological polar surface area (TPSA) is 81.4 Å². The number of amides is 1. The smallest absolute Gasteiger partial charge is 0.259 e. The summed E-state index contributed by atoms with van der Waals surface area (Å²) in [7, 11) is 3.53. The maximum atomic E-state index is 13.4. The van der Waals surface area contributed by atoms with E-state index in [4.69, 9.17) is 4.74 Å². The van der Waals surface area contributed by atoms with Crippen molar-refractivity contribution in [3.63, 3.8) is 0 Å². The number of ether oxygens (including phenoxy) is 1. The highest BCUT2D eigenvalue weighted by Crippen LogP contribution is 2.30. The molecule has 0 spiro atoms. The Balaban J connectivity index is 0.00000160. The Morgan fingerprint density at radius 2 is 1.93 bits per heavy atom. The van der Waals surface area contributed by atoms with Gasteiger partial charge in [0.25, 0.3) is 11.5 Å². The molecule has 1 saturated heterocycles. The molecule has 2 aliphatic rings. The van der Waals surface area contributed by atoms with E-state index in [0.717, 1.165) is 37.4 Å². The van der Waals surface area contributed by atoms with Gasteiger partial charge in [0.1, 0.15) is 17.1 Å². The Morgan fingerprint density at radius 1 is 1.20 bits per heavy atom. The summed E-state index contributed by atoms with van der Waals surface area (Å²) >= 11 is 0. The van der Waals surface area contributed by atoms with Crippen molar-refractivity contribution < 1.29 is 9.53 Å². The molecule has 2 aliphatic heterocycles. The molecule has 166 valence electrons. The fraction of sp³-hybridized carbons (Fsp3) is 0.550. The van der Waals surface area contributed by atoms with E-state index in [9.17, 15) is 9.59 Å². The predicted molar refractivity (Wildman–Crippen MR) is 119 cm³/mol. The molecule has 0 unspecified atom stereocenters. The van der Waals surface area contributed by atoms with Crippen LogP contribution in [-0.4, -0.2) is 58.2 Å². The van der Waals surface area contributed by atoms with E-state index in [2.05, 4.69) is 14.9 Å². The van der Waals surface area contributed by atoms with E-state index < -0.39 is 0 Å². The van der Waals surface area contributed by atoms with Gasteiger partial charge < -0.3 is 24.1 Å². The number of carbonyl (C=O) groups excluding carboxylic acids is 1. The average molecular weight is 458 g/mol. The molecule has 2 aromatic heterocycles. The average Bonchev–Trinajstić information content (AvgIpc) is 2.98. The van der Waals surface area contributed by atoms with Crippen LogP contribution in [0.5, 0.6) is 5.75 Å². The van der Waals surface area contributed by atoms with E-state index in [-0.39, 0.29) is 36.3 Å². The second-order valence-electron chi connectivity index (χ2n) is 7.49. The van der Waals surface area contributed by atoms with Crippen molar-refractivity contribution in [3.05, 3.63) is 45.9 Å². The summed E-state index contributed by atoms with van der Waals surface area (Å²) in [6.07, 6.45) is 6.19. The predicted octanol–water partition coefficient (Wildman–Crippen LogP) is 1.60. The van der Waals surface area contributed by atoms with Crippen molar-refractivity contribution in [2.75, 3.05) is 33.3 Å². The Hall–Kier alpha value is -2.03. The lowest BCUT2D eigenvalue weighted by atomic mass is 9.95. The minimum Gasteiger partial charge on any atom is -0.496 e. The maximum absolute atomic E-state index is 13.4. The molecule has 0 bridgehead atoms. The van der Waals surface area contributed by atoms with Crippen molar-refractivity contribution in [2.45, 2.75) is 31.7 Å². The molecule has 1 fully saturated rings. The second-order valence-corrected chi connectivity index (χ2v) is 7.49. The number of methoxy groups -OCH3 is 1. The third-order valence-corrected chi connectivity index (χ3v) is 5.87. The van der Waals surface area contributed by atoms with Crippen LogP contribution in [0.4, 0.5) is 0 Å². The Labute approximate surface area is 188 Å². The Morgan fingerprint density at radius 3 is 2.57 bits per heavy atom. The van der Waals surface area contributed by atoms with Crippen LogP contribution in [0.1, 0.15) is 40.6 Å². The highest BCUT2D eigenvalue weighted by molar-refractivity contribution is 5.98. The van der Waals surface area contributed by atoms with Crippen molar-refractivity contribution in [1.29, 1.82) is 0 Å². The first-order valence-corrected chi connectivity index (χ1v) is 9.88. The van der Waals surface area contributed by atoms with E-state index in [0.29, 0.717) is 43.3 Å². The molecule has 4 heterocycles. The molecule has 8 nitrogen and oxygen atoms in total. The fourth-order valence-electron chi connectivity index (χ4n) is 4.36. The number of halogens is 2. The molecule has 10 heteroatoms. The highest BCUT2D eigenvalue weighted by atomic mass is 35.5. The number of fused-ring (bicyclic) bond motifs is 1. The lowest BCUT2D eigenvalue weighted by Gasteiger charge is -2.32. The molecule has 1 N–H and O–H groups in total. The van der Waals surface area contributed by atoms with Gasteiger partial charge in [0.15, 0.2) is 0 Å². The largest absolute Gasteiger partial charge is 0.496 e. The standard InChI is InChI=1S/C20H27N5O3.2ClH/c1-23-11-8-22-19(23)14-4-9-24(10-5-14)20(27)18-15-3-6-21-7-12-25(15)17(26)13-16(18)28-2;;/h8,11,13-14,21H,3-7,9-10,12H2,1-2H3;2*1H. The van der Waals surface area contributed by atoms with Gasteiger partial charge in [0, 0.05) is 76.3 Å². The van der Waals surface area contributed by atoms with E-state index in [1.54, 1.807) is 4.57 Å². The first-order chi connectivity index (χ1) is 13.6. The van der Waals surface area contributed by atoms with Crippen molar-refractivity contribution in [2.24, 2.45) is 7.05 Å². The summed E-state index contributed by atoms with van der Waals surface area (Å²) in [5.74, 6) is 1.79. The number of aromatic nitrogens is 3. The summed E-state index contributed by atoms with van der Waals surface area (Å²) in [4.78, 5) is 32.3. The quantitative estimate of drug-likeness (QED) is 0.756. The van der Waals surface area contributed by atoms with E-state index in [1.165, 1.54) is 13.2 Å². The summed E-state index contributed by atoms with van der Waals surface area (Å²) in [6, 6.07) is 1.45. The van der Waals surface area contributed by atoms with Crippen molar-refractivity contribution >= 4 is 30.7 Å². The number of pyridine rings is 1. The number of rotatable bonds is 3. The molecular formula is C20H29Cl2N5O3. The van der Waals surface area contributed by atoms with Gasteiger partial charge in [-0.3, -0.25) is 9.59 Å². The number of carbonyl (C=O) groups is 1. The van der Waals surface area contributed by atoms with Crippen LogP contribution in [0.15, 0.2) is 23.3 Å². The fourth-order valence-corrected chi connectivity index (χ4v) is 4.36. The van der Waals surface area contributed by atoms with Crippen LogP contribution in [0.3, 0.4) is 0 Å². The minimum atomic E-state index is -0.111. The van der Waals surface area contributed by atoms with Crippen molar-refractivity contribution in [1.82, 2.24) is 24.3 Å². The highest BCUT2D eigenvalue weighted by Gasteiger charge is 2.31. The molecule has 1 amide bonds. The minimum absolute atomic E-state index is 0. The zero-order chi connectivity index (χ0) is 19.7. The number of nitrogens with one attached hydrogen (secondary N) is 1. The first-order valence-electron chi connectivity index (χ1n) is 9.88. The number of hydrogen-bond acceptors (Lipinski definition) is 5. The van der Waals surface area contributed by atoms with Gasteiger partial charge in [-0.2, -0.15) is 0 Å². The number of nitrogens with zero attached hydrogens (tertiary/aromatic N) is 4. The Kier molecular flexibility index (Phi) is 8.34. The number of piperidine rings is 1. The zero-order valence-corrected chi connectivity index (χ0v) is 18.9. The molecule has 0 radical (unpaired) electrons. The SMILES string of the molecule is COc1cc(=O)n2c(c1C(=O)N1CCC(c3nccn3C)CC1)CCNCC2.Cl.Cl. The summed E-state index contributed by atoms with van der Waals surface area (Å²) in [5.41, 5.74) is 1.22. The van der Waals surface area contributed by atoms with Gasteiger partial charge in [-0.05, 0) is 12.8 Å². The van der Waals surface area contributed by atoms with Gasteiger partial charge in [-0.15, -0.1) is 24.8 Å². The number of aryl methyl sites for hydroxylation is 1. The van der Waals surface area contributed by atoms with Gasteiger partial charge >= 0.3 is 0 Å². The van der Waals surface area contributed by atoms with E-state index >= 15 is 0 Å². The van der Waals surface area contributed by atoms with Crippen LogP contribution in [0.25, 0.3) is 0 Å². The van der Waals surface area contributed by atoms with Crippen LogP contribution in [0.2, 0.25) is 0 Å². The molecular weight excluding hydrogens is 429 g/mol. The molecule has 2 aromatic rings. The molecule has 30 heavy (non-hydrogen) atoms. The van der Waals surface area contributed by atoms with Crippen LogP contribution in [-0.2, 0) is 20.0 Å². The summed E-state index contributed by atoms with van der Waals surface area (Å²) in [5, 5.41) is 3.30. The third-order valence-electron chi connectivity index (χ3n) is 5.87. The number of likely N-dealkylation sites (tertiary alicyclic amines) is 1. The third kappa shape index (κ3) is 4.50. The maximum Gasteiger partial charge on any atom is 0.259 e. The normalized spacial score (nSPS) is 16.7. The van der Waals surface area contributed by atoms with Crippen LogP contribution >= 0.6 is 24.8 Å².